The van der Waals surface area contributed by atoms with E-state index in [2.05, 4.69) is 15.5 Å². The lowest BCUT2D eigenvalue weighted by molar-refractivity contribution is -0.117. The third-order valence-corrected chi connectivity index (χ3v) is 3.08. The lowest BCUT2D eigenvalue weighted by Crippen LogP contribution is -2.21. The fourth-order valence-electron chi connectivity index (χ4n) is 1.81. The fraction of sp³-hybridized carbons (Fsp3) is 0.417. The molecule has 2 aromatic rings. The molecular weight excluding hydrogens is 306 g/mol. The molecule has 0 fully saturated rings. The van der Waals surface area contributed by atoms with Crippen LogP contribution in [0.3, 0.4) is 0 Å². The molecule has 10 heteroatoms. The van der Waals surface area contributed by atoms with Gasteiger partial charge in [-0.3, -0.25) is 14.2 Å². The minimum Gasteiger partial charge on any atom is -0.322 e. The Kier molecular flexibility index (Phi) is 4.48. The van der Waals surface area contributed by atoms with Crippen molar-refractivity contribution in [3.05, 3.63) is 29.3 Å². The Bertz CT molecular complexity index is 679. The van der Waals surface area contributed by atoms with Gasteiger partial charge in [0.15, 0.2) is 0 Å². The molecule has 2 rings (SSSR count). The van der Waals surface area contributed by atoms with Crippen molar-refractivity contribution in [2.24, 2.45) is 7.05 Å². The highest BCUT2D eigenvalue weighted by atomic mass is 19.3. The molecular formula is C12H13F4N5O. The van der Waals surface area contributed by atoms with Crippen molar-refractivity contribution in [2.45, 2.75) is 26.3 Å². The summed E-state index contributed by atoms with van der Waals surface area (Å²) in [6.45, 7) is 1.11. The van der Waals surface area contributed by atoms with Gasteiger partial charge in [0, 0.05) is 7.05 Å². The van der Waals surface area contributed by atoms with E-state index in [0.29, 0.717) is 22.1 Å². The van der Waals surface area contributed by atoms with E-state index < -0.39 is 36.7 Å². The standard InChI is InChI=1S/C12H13F4N5O/c1-6-8(4-17-20(6)2)18-10(22)5-21-9(12(15)16)3-7(19-21)11(13)14/h3-4,11-12H,5H2,1-2H3,(H,18,22). The molecule has 1 N–H and O–H groups in total. The van der Waals surface area contributed by atoms with Crippen LogP contribution in [0.5, 0.6) is 0 Å². The van der Waals surface area contributed by atoms with Crippen LogP contribution >= 0.6 is 0 Å². The van der Waals surface area contributed by atoms with E-state index in [0.717, 1.165) is 0 Å². The number of nitrogens with zero attached hydrogens (tertiary/aromatic N) is 4. The second kappa shape index (κ2) is 6.16. The molecule has 0 aromatic carbocycles. The second-order valence-electron chi connectivity index (χ2n) is 4.57. The van der Waals surface area contributed by atoms with Gasteiger partial charge in [-0.05, 0) is 13.0 Å². The van der Waals surface area contributed by atoms with Crippen LogP contribution in [0.1, 0.15) is 29.9 Å². The highest BCUT2D eigenvalue weighted by molar-refractivity contribution is 5.90. The van der Waals surface area contributed by atoms with Gasteiger partial charge in [0.2, 0.25) is 5.91 Å². The number of amides is 1. The summed E-state index contributed by atoms with van der Waals surface area (Å²) >= 11 is 0. The topological polar surface area (TPSA) is 64.7 Å². The van der Waals surface area contributed by atoms with Gasteiger partial charge in [-0.15, -0.1) is 0 Å². The molecule has 120 valence electrons. The van der Waals surface area contributed by atoms with Crippen molar-refractivity contribution in [2.75, 3.05) is 5.32 Å². The van der Waals surface area contributed by atoms with Crippen LogP contribution in [0.2, 0.25) is 0 Å². The summed E-state index contributed by atoms with van der Waals surface area (Å²) in [6, 6.07) is 0.595. The van der Waals surface area contributed by atoms with Crippen LogP contribution < -0.4 is 5.32 Å². The maximum Gasteiger partial charge on any atom is 0.282 e. The van der Waals surface area contributed by atoms with Crippen LogP contribution in [-0.2, 0) is 18.4 Å². The number of nitrogens with one attached hydrogen (secondary N) is 1. The lowest BCUT2D eigenvalue weighted by atomic mass is 10.3. The van der Waals surface area contributed by atoms with E-state index >= 15 is 0 Å². The predicted octanol–water partition coefficient (Wildman–Crippen LogP) is 2.44. The number of alkyl halides is 4. The van der Waals surface area contributed by atoms with Crippen LogP contribution in [0, 0.1) is 6.92 Å². The lowest BCUT2D eigenvalue weighted by Gasteiger charge is -2.07. The molecule has 0 aliphatic heterocycles. The van der Waals surface area contributed by atoms with E-state index in [4.69, 9.17) is 0 Å². The first-order valence-electron chi connectivity index (χ1n) is 6.22. The number of aromatic nitrogens is 4. The van der Waals surface area contributed by atoms with Crippen molar-refractivity contribution in [3.63, 3.8) is 0 Å². The zero-order valence-corrected chi connectivity index (χ0v) is 11.7. The molecule has 2 heterocycles. The number of hydrogen-bond acceptors (Lipinski definition) is 3. The number of aryl methyl sites for hydroxylation is 1. The summed E-state index contributed by atoms with van der Waals surface area (Å²) in [5.74, 6) is -0.665. The van der Waals surface area contributed by atoms with Gasteiger partial charge in [0.25, 0.3) is 12.9 Å². The van der Waals surface area contributed by atoms with E-state index in [9.17, 15) is 22.4 Å². The first kappa shape index (κ1) is 16.0. The SMILES string of the molecule is Cc1c(NC(=O)Cn2nc(C(F)F)cc2C(F)F)cnn1C. The Morgan fingerprint density at radius 1 is 1.32 bits per heavy atom. The molecule has 6 nitrogen and oxygen atoms in total. The molecule has 0 atom stereocenters. The summed E-state index contributed by atoms with van der Waals surface area (Å²) in [5.41, 5.74) is -0.447. The smallest absolute Gasteiger partial charge is 0.282 e. The Morgan fingerprint density at radius 3 is 2.50 bits per heavy atom. The van der Waals surface area contributed by atoms with Crippen LogP contribution in [-0.4, -0.2) is 25.5 Å². The van der Waals surface area contributed by atoms with Crippen LogP contribution in [0.4, 0.5) is 23.2 Å². The van der Waals surface area contributed by atoms with Crippen molar-refractivity contribution in [1.82, 2.24) is 19.6 Å². The maximum atomic E-state index is 12.8. The quantitative estimate of drug-likeness (QED) is 0.861. The Hall–Kier alpha value is -2.39. The zero-order chi connectivity index (χ0) is 16.4. The summed E-state index contributed by atoms with van der Waals surface area (Å²) in [5, 5.41) is 9.72. The molecule has 0 unspecified atom stereocenters. The van der Waals surface area contributed by atoms with E-state index in [1.54, 1.807) is 14.0 Å². The maximum absolute atomic E-state index is 12.8. The number of hydrogen-bond donors (Lipinski definition) is 1. The summed E-state index contributed by atoms with van der Waals surface area (Å²) < 4.78 is 52.8. The van der Waals surface area contributed by atoms with Crippen LogP contribution in [0.15, 0.2) is 12.3 Å². The predicted molar refractivity (Wildman–Crippen MR) is 68.7 cm³/mol. The van der Waals surface area contributed by atoms with E-state index in [1.165, 1.54) is 10.9 Å². The van der Waals surface area contributed by atoms with Crippen molar-refractivity contribution >= 4 is 11.6 Å². The monoisotopic (exact) mass is 319 g/mol. The zero-order valence-electron chi connectivity index (χ0n) is 11.7. The van der Waals surface area contributed by atoms with Gasteiger partial charge in [-0.25, -0.2) is 17.6 Å². The fourth-order valence-corrected chi connectivity index (χ4v) is 1.81. The number of carbonyl (C=O) groups is 1. The molecule has 0 aliphatic carbocycles. The third kappa shape index (κ3) is 3.26. The van der Waals surface area contributed by atoms with Gasteiger partial charge in [-0.2, -0.15) is 10.2 Å². The van der Waals surface area contributed by atoms with Crippen molar-refractivity contribution in [1.29, 1.82) is 0 Å². The molecule has 2 aromatic heterocycles. The normalized spacial score (nSPS) is 11.5. The molecule has 0 saturated carbocycles. The first-order valence-corrected chi connectivity index (χ1v) is 6.22. The summed E-state index contributed by atoms with van der Waals surface area (Å²) in [4.78, 5) is 11.9. The molecule has 1 amide bonds. The Morgan fingerprint density at radius 2 is 2.00 bits per heavy atom. The number of anilines is 1. The van der Waals surface area contributed by atoms with Crippen molar-refractivity contribution in [3.8, 4) is 0 Å². The number of halogens is 4. The average Bonchev–Trinajstić information content (AvgIpc) is 2.98. The van der Waals surface area contributed by atoms with E-state index in [-0.39, 0.29) is 0 Å². The molecule has 0 aliphatic rings. The first-order chi connectivity index (χ1) is 10.3. The summed E-state index contributed by atoms with van der Waals surface area (Å²) in [6.07, 6.45) is -4.59. The highest BCUT2D eigenvalue weighted by Crippen LogP contribution is 2.25. The number of carbonyl (C=O) groups excluding carboxylic acids is 1. The van der Waals surface area contributed by atoms with Gasteiger partial charge in [0.05, 0.1) is 17.6 Å². The number of rotatable bonds is 5. The van der Waals surface area contributed by atoms with Gasteiger partial charge >= 0.3 is 0 Å². The Labute approximate surface area is 122 Å². The second-order valence-corrected chi connectivity index (χ2v) is 4.57. The third-order valence-electron chi connectivity index (χ3n) is 3.08. The van der Waals surface area contributed by atoms with Gasteiger partial charge < -0.3 is 5.32 Å². The van der Waals surface area contributed by atoms with Crippen LogP contribution in [0.25, 0.3) is 0 Å². The summed E-state index contributed by atoms with van der Waals surface area (Å²) in [7, 11) is 1.67. The largest absolute Gasteiger partial charge is 0.322 e. The minimum absolute atomic E-state index is 0.410. The minimum atomic E-state index is -3.01. The Balaban J connectivity index is 2.15. The van der Waals surface area contributed by atoms with E-state index in [1.807, 2.05) is 0 Å². The van der Waals surface area contributed by atoms with Gasteiger partial charge in [-0.1, -0.05) is 0 Å². The molecule has 22 heavy (non-hydrogen) atoms. The molecule has 0 radical (unpaired) electrons. The van der Waals surface area contributed by atoms with Gasteiger partial charge in [0.1, 0.15) is 17.9 Å². The highest BCUT2D eigenvalue weighted by Gasteiger charge is 2.22. The molecule has 0 spiro atoms. The molecule has 0 saturated heterocycles. The molecule has 0 bridgehead atoms. The average molecular weight is 319 g/mol. The van der Waals surface area contributed by atoms with Crippen molar-refractivity contribution < 1.29 is 22.4 Å².